The first-order valence-electron chi connectivity index (χ1n) is 9.28. The normalized spacial score (nSPS) is 11.1. The van der Waals surface area contributed by atoms with Gasteiger partial charge in [-0.15, -0.1) is 24.0 Å². The largest absolute Gasteiger partial charge is 0.357 e. The second-order valence-corrected chi connectivity index (χ2v) is 6.57. The number of benzene rings is 2. The molecule has 0 aliphatic carbocycles. The van der Waals surface area contributed by atoms with Crippen LogP contribution in [-0.4, -0.2) is 39.2 Å². The average Bonchev–Trinajstić information content (AvgIpc) is 3.18. The van der Waals surface area contributed by atoms with Gasteiger partial charge in [-0.3, -0.25) is 0 Å². The summed E-state index contributed by atoms with van der Waals surface area (Å²) >= 11 is 0. The summed E-state index contributed by atoms with van der Waals surface area (Å²) in [4.78, 5) is 10.7. The SMILES string of the molecule is CCNC(=NCc1cccc(Cn2cncn2)c1)N(C)Cc1cccc(F)c1.I. The van der Waals surface area contributed by atoms with E-state index in [1.165, 1.54) is 12.4 Å². The lowest BCUT2D eigenvalue weighted by Gasteiger charge is -2.22. The average molecular weight is 508 g/mol. The monoisotopic (exact) mass is 508 g/mol. The highest BCUT2D eigenvalue weighted by Crippen LogP contribution is 2.10. The maximum absolute atomic E-state index is 13.4. The molecule has 0 radical (unpaired) electrons. The maximum Gasteiger partial charge on any atom is 0.194 e. The van der Waals surface area contributed by atoms with Gasteiger partial charge in [0.05, 0.1) is 13.1 Å². The van der Waals surface area contributed by atoms with Crippen LogP contribution in [0, 0.1) is 5.82 Å². The van der Waals surface area contributed by atoms with Gasteiger partial charge in [0.15, 0.2) is 5.96 Å². The third-order valence-corrected chi connectivity index (χ3v) is 4.22. The lowest BCUT2D eigenvalue weighted by Crippen LogP contribution is -2.38. The zero-order valence-electron chi connectivity index (χ0n) is 16.6. The van der Waals surface area contributed by atoms with E-state index in [0.717, 1.165) is 29.2 Å². The Bertz CT molecular complexity index is 913. The van der Waals surface area contributed by atoms with E-state index in [1.807, 2.05) is 31.0 Å². The van der Waals surface area contributed by atoms with Crippen LogP contribution in [0.15, 0.2) is 66.2 Å². The quantitative estimate of drug-likeness (QED) is 0.301. The van der Waals surface area contributed by atoms with Crippen molar-refractivity contribution < 1.29 is 4.39 Å². The van der Waals surface area contributed by atoms with Crippen LogP contribution < -0.4 is 5.32 Å². The zero-order chi connectivity index (χ0) is 19.8. The third-order valence-electron chi connectivity index (χ3n) is 4.22. The van der Waals surface area contributed by atoms with Crippen molar-refractivity contribution in [2.45, 2.75) is 26.6 Å². The van der Waals surface area contributed by atoms with Crippen LogP contribution in [0.5, 0.6) is 0 Å². The Labute approximate surface area is 187 Å². The summed E-state index contributed by atoms with van der Waals surface area (Å²) in [6, 6.07) is 14.9. The van der Waals surface area contributed by atoms with Gasteiger partial charge in [0.25, 0.3) is 0 Å². The Morgan fingerprint density at radius 2 is 1.90 bits per heavy atom. The molecule has 3 aromatic rings. The predicted molar refractivity (Wildman–Crippen MR) is 124 cm³/mol. The Kier molecular flexibility index (Phi) is 9.04. The molecule has 0 fully saturated rings. The summed E-state index contributed by atoms with van der Waals surface area (Å²) in [5, 5.41) is 7.44. The van der Waals surface area contributed by atoms with E-state index in [0.29, 0.717) is 19.6 Å². The van der Waals surface area contributed by atoms with E-state index >= 15 is 0 Å². The first-order chi connectivity index (χ1) is 13.6. The first kappa shape index (κ1) is 22.8. The molecule has 1 aromatic heterocycles. The number of rotatable bonds is 7. The number of nitrogens with zero attached hydrogens (tertiary/aromatic N) is 5. The van der Waals surface area contributed by atoms with Gasteiger partial charge in [-0.25, -0.2) is 19.0 Å². The van der Waals surface area contributed by atoms with Gasteiger partial charge in [0, 0.05) is 20.1 Å². The molecule has 0 amide bonds. The molecule has 8 heteroatoms. The number of nitrogens with one attached hydrogen (secondary N) is 1. The molecule has 1 heterocycles. The molecule has 2 aromatic carbocycles. The van der Waals surface area contributed by atoms with Crippen LogP contribution in [0.4, 0.5) is 4.39 Å². The second kappa shape index (κ2) is 11.5. The van der Waals surface area contributed by atoms with Gasteiger partial charge in [-0.1, -0.05) is 36.4 Å². The van der Waals surface area contributed by atoms with Crippen molar-refractivity contribution in [3.05, 3.63) is 83.7 Å². The number of hydrogen-bond donors (Lipinski definition) is 1. The fourth-order valence-corrected chi connectivity index (χ4v) is 2.95. The number of halogens is 2. The molecule has 0 aliphatic heterocycles. The summed E-state index contributed by atoms with van der Waals surface area (Å²) in [7, 11) is 1.95. The first-order valence-corrected chi connectivity index (χ1v) is 9.28. The zero-order valence-corrected chi connectivity index (χ0v) is 19.0. The summed E-state index contributed by atoms with van der Waals surface area (Å²) in [5.41, 5.74) is 3.17. The van der Waals surface area contributed by atoms with Crippen molar-refractivity contribution in [1.29, 1.82) is 0 Å². The van der Waals surface area contributed by atoms with Crippen LogP contribution in [-0.2, 0) is 19.6 Å². The Morgan fingerprint density at radius 3 is 2.62 bits per heavy atom. The van der Waals surface area contributed by atoms with E-state index in [-0.39, 0.29) is 29.8 Å². The Morgan fingerprint density at radius 1 is 1.14 bits per heavy atom. The van der Waals surface area contributed by atoms with Crippen molar-refractivity contribution in [3.63, 3.8) is 0 Å². The van der Waals surface area contributed by atoms with E-state index in [9.17, 15) is 4.39 Å². The smallest absolute Gasteiger partial charge is 0.194 e. The van der Waals surface area contributed by atoms with Crippen LogP contribution in [0.3, 0.4) is 0 Å². The summed E-state index contributed by atoms with van der Waals surface area (Å²) in [6.07, 6.45) is 3.24. The predicted octanol–water partition coefficient (Wildman–Crippen LogP) is 3.68. The number of hydrogen-bond acceptors (Lipinski definition) is 3. The fraction of sp³-hybridized carbons (Fsp3) is 0.286. The van der Waals surface area contributed by atoms with Crippen molar-refractivity contribution in [3.8, 4) is 0 Å². The van der Waals surface area contributed by atoms with Gasteiger partial charge in [0.1, 0.15) is 18.5 Å². The molecular formula is C21H26FIN6. The van der Waals surface area contributed by atoms with Crippen LogP contribution >= 0.6 is 24.0 Å². The van der Waals surface area contributed by atoms with Gasteiger partial charge in [0.2, 0.25) is 0 Å². The molecule has 0 atom stereocenters. The standard InChI is InChI=1S/C21H25FN6.HI/c1-3-24-21(27(2)13-19-8-5-9-20(22)11-19)25-12-17-6-4-7-18(10-17)14-28-16-23-15-26-28;/h4-11,15-16H,3,12-14H2,1-2H3,(H,24,25);1H. The van der Waals surface area contributed by atoms with Crippen molar-refractivity contribution in [1.82, 2.24) is 25.0 Å². The number of aliphatic imine (C=N–C) groups is 1. The highest BCUT2D eigenvalue weighted by atomic mass is 127. The van der Waals surface area contributed by atoms with E-state index in [2.05, 4.69) is 33.6 Å². The molecule has 1 N–H and O–H groups in total. The molecule has 0 saturated carbocycles. The fourth-order valence-electron chi connectivity index (χ4n) is 2.95. The number of aromatic nitrogens is 3. The van der Waals surface area contributed by atoms with Crippen LogP contribution in [0.1, 0.15) is 23.6 Å². The molecule has 154 valence electrons. The van der Waals surface area contributed by atoms with Gasteiger partial charge < -0.3 is 10.2 Å². The maximum atomic E-state index is 13.4. The van der Waals surface area contributed by atoms with E-state index in [1.54, 1.807) is 23.1 Å². The molecule has 0 bridgehead atoms. The molecule has 6 nitrogen and oxygen atoms in total. The molecular weight excluding hydrogens is 482 g/mol. The van der Waals surface area contributed by atoms with Crippen LogP contribution in [0.25, 0.3) is 0 Å². The highest BCUT2D eigenvalue weighted by Gasteiger charge is 2.07. The van der Waals surface area contributed by atoms with Gasteiger partial charge in [-0.2, -0.15) is 5.10 Å². The summed E-state index contributed by atoms with van der Waals surface area (Å²) < 4.78 is 15.2. The van der Waals surface area contributed by atoms with Gasteiger partial charge in [-0.05, 0) is 35.7 Å². The Hall–Kier alpha value is -2.49. The number of guanidine groups is 1. The lowest BCUT2D eigenvalue weighted by molar-refractivity contribution is 0.474. The highest BCUT2D eigenvalue weighted by molar-refractivity contribution is 14.0. The van der Waals surface area contributed by atoms with Crippen LogP contribution in [0.2, 0.25) is 0 Å². The lowest BCUT2D eigenvalue weighted by atomic mass is 10.1. The molecule has 0 unspecified atom stereocenters. The molecule has 0 spiro atoms. The summed E-state index contributed by atoms with van der Waals surface area (Å²) in [5.74, 6) is 0.561. The van der Waals surface area contributed by atoms with E-state index < -0.39 is 0 Å². The topological polar surface area (TPSA) is 58.3 Å². The third kappa shape index (κ3) is 7.12. The van der Waals surface area contributed by atoms with Crippen molar-refractivity contribution in [2.75, 3.05) is 13.6 Å². The second-order valence-electron chi connectivity index (χ2n) is 6.57. The molecule has 0 saturated heterocycles. The van der Waals surface area contributed by atoms with Crippen molar-refractivity contribution in [2.24, 2.45) is 4.99 Å². The Balaban J connectivity index is 0.00000300. The molecule has 29 heavy (non-hydrogen) atoms. The summed E-state index contributed by atoms with van der Waals surface area (Å²) in [6.45, 7) is 4.61. The minimum atomic E-state index is -0.225. The van der Waals surface area contributed by atoms with Crippen molar-refractivity contribution >= 4 is 29.9 Å². The van der Waals surface area contributed by atoms with Gasteiger partial charge >= 0.3 is 0 Å². The minimum Gasteiger partial charge on any atom is -0.357 e. The van der Waals surface area contributed by atoms with E-state index in [4.69, 9.17) is 4.99 Å². The molecule has 0 aliphatic rings. The molecule has 3 rings (SSSR count). The minimum absolute atomic E-state index is 0.